The molecule has 0 aliphatic rings. The second-order valence-electron chi connectivity index (χ2n) is 7.01. The number of carbonyl (C=O) groups is 1. The van der Waals surface area contributed by atoms with Gasteiger partial charge in [-0.25, -0.2) is 22.2 Å². The van der Waals surface area contributed by atoms with Crippen LogP contribution in [0, 0.1) is 11.6 Å². The van der Waals surface area contributed by atoms with Crippen molar-refractivity contribution in [1.29, 1.82) is 0 Å². The van der Waals surface area contributed by atoms with E-state index >= 15 is 0 Å². The number of rotatable bonds is 8. The van der Waals surface area contributed by atoms with Crippen molar-refractivity contribution in [2.24, 2.45) is 0 Å². The molecule has 30 heavy (non-hydrogen) atoms. The number of amides is 1. The zero-order valence-corrected chi connectivity index (χ0v) is 18.1. The van der Waals surface area contributed by atoms with Gasteiger partial charge in [0.25, 0.3) is 0 Å². The van der Waals surface area contributed by atoms with E-state index in [0.29, 0.717) is 13.0 Å². The predicted molar refractivity (Wildman–Crippen MR) is 114 cm³/mol. The van der Waals surface area contributed by atoms with Crippen molar-refractivity contribution < 1.29 is 22.0 Å². The lowest BCUT2D eigenvalue weighted by molar-refractivity contribution is -0.116. The number of anilines is 1. The van der Waals surface area contributed by atoms with Gasteiger partial charge < -0.3 is 4.90 Å². The van der Waals surface area contributed by atoms with Crippen LogP contribution in [0.25, 0.3) is 10.2 Å². The predicted octanol–water partition coefficient (Wildman–Crippen LogP) is 3.33. The summed E-state index contributed by atoms with van der Waals surface area (Å²) in [7, 11) is -0.104. The minimum atomic E-state index is -3.86. The summed E-state index contributed by atoms with van der Waals surface area (Å²) in [6.07, 6.45) is 0.552. The lowest BCUT2D eigenvalue weighted by Crippen LogP contribution is -2.37. The topological polar surface area (TPSA) is 70.6 Å². The molecule has 1 heterocycles. The number of benzene rings is 2. The molecule has 2 aromatic carbocycles. The number of halogens is 2. The third kappa shape index (κ3) is 5.18. The summed E-state index contributed by atoms with van der Waals surface area (Å²) in [6, 6.07) is 9.56. The highest BCUT2D eigenvalue weighted by atomic mass is 32.2. The first-order valence-corrected chi connectivity index (χ1v) is 11.6. The van der Waals surface area contributed by atoms with E-state index in [1.807, 2.05) is 19.0 Å². The minimum Gasteiger partial charge on any atom is -0.309 e. The SMILES string of the molecule is CN(C)CCCN(C(=O)CS(=O)(=O)c1ccccc1)c1nc2c(F)cc(F)cc2s1. The van der Waals surface area contributed by atoms with Crippen LogP contribution in [0.1, 0.15) is 6.42 Å². The molecule has 0 unspecified atom stereocenters. The molecule has 0 radical (unpaired) electrons. The van der Waals surface area contributed by atoms with Crippen LogP contribution in [-0.2, 0) is 14.6 Å². The molecule has 3 rings (SSSR count). The lowest BCUT2D eigenvalue weighted by atomic mass is 10.3. The highest BCUT2D eigenvalue weighted by molar-refractivity contribution is 7.92. The van der Waals surface area contributed by atoms with Gasteiger partial charge in [-0.2, -0.15) is 0 Å². The molecule has 6 nitrogen and oxygen atoms in total. The third-order valence-electron chi connectivity index (χ3n) is 4.34. The first-order valence-electron chi connectivity index (χ1n) is 9.16. The molecule has 3 aromatic rings. The Kier molecular flexibility index (Phi) is 6.79. The Morgan fingerprint density at radius 3 is 2.47 bits per heavy atom. The van der Waals surface area contributed by atoms with E-state index in [9.17, 15) is 22.0 Å². The van der Waals surface area contributed by atoms with Gasteiger partial charge in [0.05, 0.1) is 9.60 Å². The number of thiazole rings is 1. The Morgan fingerprint density at radius 2 is 1.80 bits per heavy atom. The molecular weight excluding hydrogens is 432 g/mol. The van der Waals surface area contributed by atoms with E-state index in [4.69, 9.17) is 0 Å². The molecule has 0 saturated carbocycles. The molecule has 0 saturated heterocycles. The molecule has 160 valence electrons. The molecule has 0 aliphatic heterocycles. The lowest BCUT2D eigenvalue weighted by Gasteiger charge is -2.21. The summed E-state index contributed by atoms with van der Waals surface area (Å²) in [5.41, 5.74) is -0.0484. The summed E-state index contributed by atoms with van der Waals surface area (Å²) in [6.45, 7) is 0.856. The molecule has 10 heteroatoms. The first-order chi connectivity index (χ1) is 14.2. The van der Waals surface area contributed by atoms with E-state index in [-0.39, 0.29) is 26.8 Å². The Bertz CT molecular complexity index is 1150. The maximum Gasteiger partial charge on any atom is 0.244 e. The normalized spacial score (nSPS) is 11.9. The van der Waals surface area contributed by atoms with Crippen LogP contribution in [-0.4, -0.2) is 57.1 Å². The van der Waals surface area contributed by atoms with E-state index in [2.05, 4.69) is 4.98 Å². The van der Waals surface area contributed by atoms with Crippen LogP contribution in [0.5, 0.6) is 0 Å². The molecule has 0 bridgehead atoms. The van der Waals surface area contributed by atoms with Gasteiger partial charge in [0.1, 0.15) is 17.1 Å². The number of nitrogens with zero attached hydrogens (tertiary/aromatic N) is 3. The van der Waals surface area contributed by atoms with Crippen LogP contribution in [0.15, 0.2) is 47.4 Å². The average molecular weight is 454 g/mol. The zero-order chi connectivity index (χ0) is 21.9. The number of hydrogen-bond acceptors (Lipinski definition) is 6. The second kappa shape index (κ2) is 9.15. The van der Waals surface area contributed by atoms with Gasteiger partial charge in [-0.15, -0.1) is 0 Å². The number of fused-ring (bicyclic) bond motifs is 1. The molecule has 0 spiro atoms. The van der Waals surface area contributed by atoms with Gasteiger partial charge in [0.15, 0.2) is 20.8 Å². The quantitative estimate of drug-likeness (QED) is 0.523. The van der Waals surface area contributed by atoms with E-state index < -0.39 is 33.1 Å². The van der Waals surface area contributed by atoms with Gasteiger partial charge in [-0.05, 0) is 45.3 Å². The molecule has 0 aliphatic carbocycles. The molecule has 1 amide bonds. The van der Waals surface area contributed by atoms with Crippen molar-refractivity contribution in [3.05, 3.63) is 54.1 Å². The monoisotopic (exact) mass is 453 g/mol. The first kappa shape index (κ1) is 22.3. The molecular formula is C20H21F2N3O3S2. The van der Waals surface area contributed by atoms with Crippen LogP contribution >= 0.6 is 11.3 Å². The van der Waals surface area contributed by atoms with E-state index in [1.165, 1.54) is 17.0 Å². The Morgan fingerprint density at radius 1 is 1.10 bits per heavy atom. The Hall–Kier alpha value is -2.43. The van der Waals surface area contributed by atoms with Crippen LogP contribution in [0.4, 0.5) is 13.9 Å². The van der Waals surface area contributed by atoms with Gasteiger partial charge in [0.2, 0.25) is 5.91 Å². The third-order valence-corrected chi connectivity index (χ3v) is 6.98. The molecule has 1 aromatic heterocycles. The fourth-order valence-corrected chi connectivity index (χ4v) is 5.15. The van der Waals surface area contributed by atoms with Gasteiger partial charge in [0, 0.05) is 12.6 Å². The fraction of sp³-hybridized carbons (Fsp3) is 0.300. The van der Waals surface area contributed by atoms with Crippen molar-refractivity contribution in [3.8, 4) is 0 Å². The van der Waals surface area contributed by atoms with Crippen molar-refractivity contribution in [2.75, 3.05) is 37.8 Å². The van der Waals surface area contributed by atoms with E-state index in [1.54, 1.807) is 18.2 Å². The summed E-state index contributed by atoms with van der Waals surface area (Å²) in [5.74, 6) is -2.99. The smallest absolute Gasteiger partial charge is 0.244 e. The number of hydrogen-bond donors (Lipinski definition) is 0. The highest BCUT2D eigenvalue weighted by Gasteiger charge is 2.27. The minimum absolute atomic E-state index is 0.0454. The number of aromatic nitrogens is 1. The Balaban J connectivity index is 1.92. The fourth-order valence-electron chi connectivity index (χ4n) is 2.88. The second-order valence-corrected chi connectivity index (χ2v) is 10.0. The highest BCUT2D eigenvalue weighted by Crippen LogP contribution is 2.31. The largest absolute Gasteiger partial charge is 0.309 e. The number of carbonyl (C=O) groups excluding carboxylic acids is 1. The van der Waals surface area contributed by atoms with Crippen molar-refractivity contribution >= 4 is 42.4 Å². The summed E-state index contributed by atoms with van der Waals surface area (Å²) in [4.78, 5) is 20.3. The summed E-state index contributed by atoms with van der Waals surface area (Å²) < 4.78 is 53.2. The van der Waals surface area contributed by atoms with Crippen LogP contribution in [0.2, 0.25) is 0 Å². The Labute approximate surface area is 177 Å². The summed E-state index contributed by atoms with van der Waals surface area (Å²) >= 11 is 0.948. The van der Waals surface area contributed by atoms with Crippen molar-refractivity contribution in [2.45, 2.75) is 11.3 Å². The maximum absolute atomic E-state index is 14.1. The average Bonchev–Trinajstić information content (AvgIpc) is 3.09. The van der Waals surface area contributed by atoms with Crippen molar-refractivity contribution in [1.82, 2.24) is 9.88 Å². The standard InChI is InChI=1S/C20H21F2N3O3S2/c1-24(2)9-6-10-25(18(26)13-30(27,28)15-7-4-3-5-8-15)20-23-19-16(22)11-14(21)12-17(19)29-20/h3-5,7-8,11-12H,6,9-10,13H2,1-2H3. The number of sulfone groups is 1. The maximum atomic E-state index is 14.1. The molecule has 0 fully saturated rings. The van der Waals surface area contributed by atoms with E-state index in [0.717, 1.165) is 23.5 Å². The van der Waals surface area contributed by atoms with Gasteiger partial charge in [-0.3, -0.25) is 9.69 Å². The zero-order valence-electron chi connectivity index (χ0n) is 16.5. The molecule has 0 atom stereocenters. The van der Waals surface area contributed by atoms with Crippen LogP contribution < -0.4 is 4.90 Å². The summed E-state index contributed by atoms with van der Waals surface area (Å²) in [5, 5.41) is 0.140. The van der Waals surface area contributed by atoms with Crippen LogP contribution in [0.3, 0.4) is 0 Å². The van der Waals surface area contributed by atoms with Crippen molar-refractivity contribution in [3.63, 3.8) is 0 Å². The molecule has 0 N–H and O–H groups in total. The van der Waals surface area contributed by atoms with Gasteiger partial charge >= 0.3 is 0 Å². The van der Waals surface area contributed by atoms with Gasteiger partial charge in [-0.1, -0.05) is 29.5 Å².